The van der Waals surface area contributed by atoms with E-state index in [2.05, 4.69) is 11.2 Å². The number of hydrogen-bond donors (Lipinski definition) is 0. The molecule has 55 valence electrons. The number of nitrogens with zero attached hydrogens (tertiary/aromatic N) is 2. The van der Waals surface area contributed by atoms with Crippen LogP contribution in [0.2, 0.25) is 0 Å². The van der Waals surface area contributed by atoms with E-state index < -0.39 is 0 Å². The van der Waals surface area contributed by atoms with Gasteiger partial charge < -0.3 is 14.1 Å². The molecule has 0 fully saturated rings. The smallest absolute Gasteiger partial charge is 0.106 e. The first kappa shape index (κ1) is 9.16. The molecular formula is C6H5N2OSY-. The molecule has 0 unspecified atom stereocenters. The molecule has 0 amide bonds. The Morgan fingerprint density at radius 2 is 2.55 bits per heavy atom. The zero-order valence-corrected chi connectivity index (χ0v) is 9.60. The van der Waals surface area contributed by atoms with Crippen molar-refractivity contribution in [2.75, 3.05) is 7.11 Å². The van der Waals surface area contributed by atoms with Crippen LogP contribution >= 0.6 is 11.3 Å². The van der Waals surface area contributed by atoms with E-state index in [1.54, 1.807) is 18.4 Å². The fourth-order valence-corrected chi connectivity index (χ4v) is 1.46. The molecule has 2 aromatic rings. The Morgan fingerprint density at radius 3 is 3.27 bits per heavy atom. The number of ether oxygens (including phenoxy) is 1. The van der Waals surface area contributed by atoms with Crippen LogP contribution in [0.1, 0.15) is 0 Å². The first-order chi connectivity index (χ1) is 4.92. The number of thiazole rings is 1. The third-order valence-electron chi connectivity index (χ3n) is 1.25. The molecule has 0 aliphatic heterocycles. The molecule has 0 atom stereocenters. The van der Waals surface area contributed by atoms with Crippen molar-refractivity contribution < 1.29 is 37.4 Å². The first-order valence-electron chi connectivity index (χ1n) is 2.79. The molecule has 0 bridgehead atoms. The molecule has 11 heavy (non-hydrogen) atoms. The first-order valence-corrected chi connectivity index (χ1v) is 3.67. The van der Waals surface area contributed by atoms with Gasteiger partial charge >= 0.3 is 0 Å². The second-order valence-corrected chi connectivity index (χ2v) is 2.66. The summed E-state index contributed by atoms with van der Waals surface area (Å²) < 4.78 is 6.83. The fourth-order valence-electron chi connectivity index (χ4n) is 0.801. The van der Waals surface area contributed by atoms with Crippen molar-refractivity contribution >= 4 is 16.3 Å². The van der Waals surface area contributed by atoms with Crippen LogP contribution in [-0.2, 0) is 32.7 Å². The Labute approximate surface area is 93.3 Å². The van der Waals surface area contributed by atoms with Gasteiger partial charge in [-0.1, -0.05) is 6.20 Å². The Bertz CT molecular complexity index is 343. The van der Waals surface area contributed by atoms with Gasteiger partial charge in [0.05, 0.1) is 7.11 Å². The van der Waals surface area contributed by atoms with Gasteiger partial charge in [0.25, 0.3) is 0 Å². The minimum atomic E-state index is 0. The van der Waals surface area contributed by atoms with Crippen LogP contribution in [0.15, 0.2) is 11.6 Å². The average molecular weight is 242 g/mol. The zero-order valence-electron chi connectivity index (χ0n) is 5.94. The number of aromatic nitrogens is 2. The number of fused-ring (bicyclic) bond motifs is 1. The van der Waals surface area contributed by atoms with E-state index >= 15 is 0 Å². The molecule has 3 nitrogen and oxygen atoms in total. The molecule has 2 heterocycles. The normalized spacial score (nSPS) is 9.55. The Balaban J connectivity index is 0.000000605. The van der Waals surface area contributed by atoms with Crippen molar-refractivity contribution in [2.24, 2.45) is 0 Å². The van der Waals surface area contributed by atoms with E-state index in [1.165, 1.54) is 0 Å². The largest absolute Gasteiger partial charge is 0.499 e. The summed E-state index contributed by atoms with van der Waals surface area (Å²) in [5.74, 6) is 0.663. The van der Waals surface area contributed by atoms with E-state index in [0.717, 1.165) is 4.96 Å². The van der Waals surface area contributed by atoms with Crippen molar-refractivity contribution in [3.8, 4) is 5.88 Å². The molecule has 5 heteroatoms. The SMILES string of the molecule is COc1[c-]nc2sccn12.[Y]. The number of imidazole rings is 1. The molecule has 0 aliphatic rings. The van der Waals surface area contributed by atoms with Gasteiger partial charge in [0.2, 0.25) is 0 Å². The van der Waals surface area contributed by atoms with Crippen LogP contribution in [0, 0.1) is 6.20 Å². The van der Waals surface area contributed by atoms with E-state index in [0.29, 0.717) is 5.88 Å². The molecule has 0 aromatic carbocycles. The average Bonchev–Trinajstić information content (AvgIpc) is 2.44. The Morgan fingerprint density at radius 1 is 1.73 bits per heavy atom. The van der Waals surface area contributed by atoms with Gasteiger partial charge in [-0.05, 0) is 5.38 Å². The van der Waals surface area contributed by atoms with Gasteiger partial charge in [-0.3, -0.25) is 0 Å². The standard InChI is InChI=1S/C6H5N2OS.Y/c1-9-5-4-7-6-8(5)2-3-10-6;/h2-3H,1H3;/q-1;. The summed E-state index contributed by atoms with van der Waals surface area (Å²) in [4.78, 5) is 4.89. The Hall–Kier alpha value is 0.0739. The predicted octanol–water partition coefficient (Wildman–Crippen LogP) is 1.20. The van der Waals surface area contributed by atoms with Crippen LogP contribution in [0.3, 0.4) is 0 Å². The van der Waals surface area contributed by atoms with E-state index in [4.69, 9.17) is 4.74 Å². The molecule has 2 aromatic heterocycles. The van der Waals surface area contributed by atoms with Crippen molar-refractivity contribution in [3.63, 3.8) is 0 Å². The van der Waals surface area contributed by atoms with Crippen LogP contribution in [0.5, 0.6) is 5.88 Å². The summed E-state index contributed by atoms with van der Waals surface area (Å²) in [5.41, 5.74) is 0. The van der Waals surface area contributed by atoms with Crippen molar-refractivity contribution in [2.45, 2.75) is 0 Å². The summed E-state index contributed by atoms with van der Waals surface area (Å²) >= 11 is 1.56. The van der Waals surface area contributed by atoms with Crippen LogP contribution in [0.4, 0.5) is 0 Å². The third-order valence-corrected chi connectivity index (χ3v) is 2.01. The van der Waals surface area contributed by atoms with E-state index in [9.17, 15) is 0 Å². The molecule has 1 radical (unpaired) electrons. The summed E-state index contributed by atoms with van der Waals surface area (Å²) in [6.07, 6.45) is 4.65. The van der Waals surface area contributed by atoms with Gasteiger partial charge in [0, 0.05) is 43.9 Å². The summed E-state index contributed by atoms with van der Waals surface area (Å²) in [6, 6.07) is 0. The topological polar surface area (TPSA) is 26.5 Å². The molecular weight excluding hydrogens is 237 g/mol. The summed E-state index contributed by atoms with van der Waals surface area (Å²) in [5, 5.41) is 1.96. The monoisotopic (exact) mass is 242 g/mol. The summed E-state index contributed by atoms with van der Waals surface area (Å²) in [7, 11) is 1.61. The van der Waals surface area contributed by atoms with Crippen molar-refractivity contribution in [1.29, 1.82) is 0 Å². The summed E-state index contributed by atoms with van der Waals surface area (Å²) in [6.45, 7) is 0. The molecule has 0 saturated carbocycles. The number of methoxy groups -OCH3 is 1. The fraction of sp³-hybridized carbons (Fsp3) is 0.167. The predicted molar refractivity (Wildman–Crippen MR) is 38.5 cm³/mol. The molecule has 0 spiro atoms. The Kier molecular flexibility index (Phi) is 3.04. The van der Waals surface area contributed by atoms with Crippen molar-refractivity contribution in [3.05, 3.63) is 17.8 Å². The van der Waals surface area contributed by atoms with E-state index in [-0.39, 0.29) is 32.7 Å². The maximum atomic E-state index is 4.98. The number of hydrogen-bond acceptors (Lipinski definition) is 3. The minimum Gasteiger partial charge on any atom is -0.499 e. The molecule has 0 N–H and O–H groups in total. The maximum absolute atomic E-state index is 4.98. The second-order valence-electron chi connectivity index (χ2n) is 1.79. The van der Waals surface area contributed by atoms with E-state index in [1.807, 2.05) is 16.0 Å². The van der Waals surface area contributed by atoms with Gasteiger partial charge in [-0.25, -0.2) is 11.3 Å². The quantitative estimate of drug-likeness (QED) is 0.702. The van der Waals surface area contributed by atoms with Crippen LogP contribution < -0.4 is 4.74 Å². The van der Waals surface area contributed by atoms with Crippen LogP contribution in [0.25, 0.3) is 4.96 Å². The second kappa shape index (κ2) is 3.65. The molecule has 0 aliphatic carbocycles. The maximum Gasteiger partial charge on any atom is 0.106 e. The number of rotatable bonds is 1. The van der Waals surface area contributed by atoms with Crippen LogP contribution in [-0.4, -0.2) is 16.5 Å². The molecule has 0 saturated heterocycles. The van der Waals surface area contributed by atoms with Gasteiger partial charge in [0.1, 0.15) is 5.88 Å². The molecule has 2 rings (SSSR count). The minimum absolute atomic E-state index is 0. The third kappa shape index (κ3) is 1.48. The zero-order chi connectivity index (χ0) is 6.97. The van der Waals surface area contributed by atoms with Gasteiger partial charge in [-0.2, -0.15) is 0 Å². The van der Waals surface area contributed by atoms with Crippen molar-refractivity contribution in [1.82, 2.24) is 9.38 Å². The van der Waals surface area contributed by atoms with Gasteiger partial charge in [-0.15, -0.1) is 0 Å². The van der Waals surface area contributed by atoms with Gasteiger partial charge in [0.15, 0.2) is 0 Å².